The van der Waals surface area contributed by atoms with Crippen LogP contribution in [0.25, 0.3) is 22.2 Å². The predicted molar refractivity (Wildman–Crippen MR) is 117 cm³/mol. The van der Waals surface area contributed by atoms with Crippen molar-refractivity contribution in [1.82, 2.24) is 10.1 Å². The van der Waals surface area contributed by atoms with Gasteiger partial charge in [0.2, 0.25) is 19.4 Å². The first-order valence-corrected chi connectivity index (χ1v) is 12.0. The second-order valence-corrected chi connectivity index (χ2v) is 9.97. The molecule has 0 fully saturated rings. The minimum absolute atomic E-state index is 0.0635. The van der Waals surface area contributed by atoms with E-state index < -0.39 is 10.0 Å². The fraction of sp³-hybridized carbons (Fsp3) is 0.143. The zero-order chi connectivity index (χ0) is 22.6. The largest absolute Gasteiger partial charge is 0.454 e. The van der Waals surface area contributed by atoms with Gasteiger partial charge in [0.1, 0.15) is 9.77 Å². The van der Waals surface area contributed by atoms with Crippen molar-refractivity contribution in [1.29, 1.82) is 0 Å². The SMILES string of the molecule is CN(c1ccc2c(c1)OCO2)S(=O)(=O)c1ccsc1-c1nc(-c2ccc3c(c2)OCO3)no1. The van der Waals surface area contributed by atoms with Gasteiger partial charge in [-0.05, 0) is 41.8 Å². The van der Waals surface area contributed by atoms with Crippen LogP contribution in [0.4, 0.5) is 5.69 Å². The summed E-state index contributed by atoms with van der Waals surface area (Å²) in [5.41, 5.74) is 1.09. The van der Waals surface area contributed by atoms with E-state index >= 15 is 0 Å². The number of anilines is 1. The Hall–Kier alpha value is -3.77. The highest BCUT2D eigenvalue weighted by atomic mass is 32.2. The van der Waals surface area contributed by atoms with Crippen LogP contribution in [0.2, 0.25) is 0 Å². The second-order valence-electron chi connectivity index (χ2n) is 7.12. The normalized spacial score (nSPS) is 14.0. The zero-order valence-electron chi connectivity index (χ0n) is 17.0. The summed E-state index contributed by atoms with van der Waals surface area (Å²) in [5.74, 6) is 2.71. The first kappa shape index (κ1) is 19.9. The second kappa shape index (κ2) is 7.39. The Labute approximate surface area is 191 Å². The van der Waals surface area contributed by atoms with E-state index in [1.165, 1.54) is 28.8 Å². The number of thiophene rings is 1. The molecule has 0 saturated carbocycles. The van der Waals surface area contributed by atoms with Gasteiger partial charge in [0.25, 0.3) is 15.9 Å². The van der Waals surface area contributed by atoms with Crippen LogP contribution >= 0.6 is 11.3 Å². The maximum Gasteiger partial charge on any atom is 0.269 e. The average molecular weight is 485 g/mol. The molecule has 0 amide bonds. The number of rotatable bonds is 5. The number of sulfonamides is 1. The third-order valence-corrected chi connectivity index (χ3v) is 8.10. The third-order valence-electron chi connectivity index (χ3n) is 5.24. The molecule has 6 rings (SSSR count). The number of aromatic nitrogens is 2. The van der Waals surface area contributed by atoms with Gasteiger partial charge in [-0.3, -0.25) is 4.31 Å². The molecule has 10 nitrogen and oxygen atoms in total. The molecule has 4 heterocycles. The number of nitrogens with zero attached hydrogens (tertiary/aromatic N) is 3. The minimum atomic E-state index is -3.93. The van der Waals surface area contributed by atoms with Crippen molar-refractivity contribution >= 4 is 27.0 Å². The van der Waals surface area contributed by atoms with Crippen LogP contribution in [0.5, 0.6) is 23.0 Å². The van der Waals surface area contributed by atoms with Gasteiger partial charge in [0, 0.05) is 18.7 Å². The van der Waals surface area contributed by atoms with Gasteiger partial charge in [0.15, 0.2) is 23.0 Å². The maximum atomic E-state index is 13.4. The van der Waals surface area contributed by atoms with E-state index in [9.17, 15) is 8.42 Å². The summed E-state index contributed by atoms with van der Waals surface area (Å²) in [6, 6.07) is 11.8. The molecule has 0 aliphatic carbocycles. The highest BCUT2D eigenvalue weighted by Gasteiger charge is 2.30. The summed E-state index contributed by atoms with van der Waals surface area (Å²) in [7, 11) is -2.45. The molecule has 2 aromatic carbocycles. The lowest BCUT2D eigenvalue weighted by molar-refractivity contribution is 0.173. The topological polar surface area (TPSA) is 113 Å². The van der Waals surface area contributed by atoms with Crippen LogP contribution in [0, 0.1) is 0 Å². The Morgan fingerprint density at radius 2 is 1.61 bits per heavy atom. The molecule has 0 bridgehead atoms. The maximum absolute atomic E-state index is 13.4. The van der Waals surface area contributed by atoms with Gasteiger partial charge in [-0.25, -0.2) is 8.42 Å². The number of benzene rings is 2. The lowest BCUT2D eigenvalue weighted by atomic mass is 10.2. The summed E-state index contributed by atoms with van der Waals surface area (Å²) in [5, 5.41) is 5.69. The summed E-state index contributed by atoms with van der Waals surface area (Å²) < 4.78 is 54.8. The highest BCUT2D eigenvalue weighted by molar-refractivity contribution is 7.93. The van der Waals surface area contributed by atoms with Crippen LogP contribution < -0.4 is 23.3 Å². The van der Waals surface area contributed by atoms with E-state index in [0.29, 0.717) is 45.0 Å². The molecule has 0 atom stereocenters. The average Bonchev–Trinajstić information content (AvgIpc) is 3.61. The Balaban J connectivity index is 1.33. The lowest BCUT2D eigenvalue weighted by Gasteiger charge is -2.19. The molecule has 12 heteroatoms. The summed E-state index contributed by atoms with van der Waals surface area (Å²) in [6.45, 7) is 0.260. The van der Waals surface area contributed by atoms with Gasteiger partial charge >= 0.3 is 0 Å². The van der Waals surface area contributed by atoms with E-state index in [1.54, 1.807) is 41.8 Å². The van der Waals surface area contributed by atoms with Gasteiger partial charge in [-0.1, -0.05) is 5.16 Å². The van der Waals surface area contributed by atoms with Crippen molar-refractivity contribution in [3.05, 3.63) is 47.8 Å². The first-order valence-electron chi connectivity index (χ1n) is 9.71. The molecule has 2 aliphatic heterocycles. The molecule has 2 aromatic heterocycles. The highest BCUT2D eigenvalue weighted by Crippen LogP contribution is 2.40. The minimum Gasteiger partial charge on any atom is -0.454 e. The van der Waals surface area contributed by atoms with Crippen LogP contribution in [0.1, 0.15) is 0 Å². The van der Waals surface area contributed by atoms with Crippen molar-refractivity contribution in [3.8, 4) is 45.2 Å². The fourth-order valence-corrected chi connectivity index (χ4v) is 5.99. The Morgan fingerprint density at radius 3 is 2.39 bits per heavy atom. The van der Waals surface area contributed by atoms with E-state index in [4.69, 9.17) is 23.5 Å². The van der Waals surface area contributed by atoms with Crippen molar-refractivity contribution in [2.24, 2.45) is 0 Å². The molecule has 4 aromatic rings. The molecule has 0 spiro atoms. The molecular formula is C21H15N3O7S2. The number of hydrogen-bond donors (Lipinski definition) is 0. The molecule has 2 aliphatic rings. The van der Waals surface area contributed by atoms with E-state index in [0.717, 1.165) is 0 Å². The summed E-state index contributed by atoms with van der Waals surface area (Å²) in [6.07, 6.45) is 0. The van der Waals surface area contributed by atoms with Gasteiger partial charge in [-0.15, -0.1) is 11.3 Å². The van der Waals surface area contributed by atoms with Gasteiger partial charge in [0.05, 0.1) is 5.69 Å². The zero-order valence-corrected chi connectivity index (χ0v) is 18.7. The monoisotopic (exact) mass is 485 g/mol. The standard InChI is InChI=1S/C21H15N3O7S2/c1-24(13-3-5-15-17(9-13)30-11-28-15)33(25,26)18-6-7-32-19(18)21-22-20(23-31-21)12-2-4-14-16(8-12)29-10-27-14/h2-9H,10-11H2,1H3. The molecule has 168 valence electrons. The Morgan fingerprint density at radius 1 is 0.909 bits per heavy atom. The first-order chi connectivity index (χ1) is 16.0. The van der Waals surface area contributed by atoms with Gasteiger partial charge in [-0.2, -0.15) is 4.98 Å². The number of ether oxygens (including phenoxy) is 4. The Kier molecular flexibility index (Phi) is 4.45. The van der Waals surface area contributed by atoms with Crippen LogP contribution in [0.15, 0.2) is 57.3 Å². The third kappa shape index (κ3) is 3.26. The number of fused-ring (bicyclic) bond motifs is 2. The van der Waals surface area contributed by atoms with Crippen LogP contribution in [-0.4, -0.2) is 39.2 Å². The van der Waals surface area contributed by atoms with Crippen LogP contribution in [-0.2, 0) is 10.0 Å². The van der Waals surface area contributed by atoms with E-state index in [2.05, 4.69) is 10.1 Å². The van der Waals surface area contributed by atoms with Crippen molar-refractivity contribution in [2.75, 3.05) is 24.9 Å². The fourth-order valence-electron chi connectivity index (χ4n) is 3.49. The van der Waals surface area contributed by atoms with E-state index in [-0.39, 0.29) is 24.4 Å². The number of hydrogen-bond acceptors (Lipinski definition) is 10. The molecule has 33 heavy (non-hydrogen) atoms. The van der Waals surface area contributed by atoms with Crippen molar-refractivity contribution in [3.63, 3.8) is 0 Å². The molecule has 0 N–H and O–H groups in total. The predicted octanol–water partition coefficient (Wildman–Crippen LogP) is 3.75. The summed E-state index contributed by atoms with van der Waals surface area (Å²) >= 11 is 1.20. The molecule has 0 radical (unpaired) electrons. The lowest BCUT2D eigenvalue weighted by Crippen LogP contribution is -2.26. The Bertz CT molecular complexity index is 1480. The molecule has 0 unspecified atom stereocenters. The quantitative estimate of drug-likeness (QED) is 0.417. The van der Waals surface area contributed by atoms with Crippen LogP contribution in [0.3, 0.4) is 0 Å². The van der Waals surface area contributed by atoms with Crippen molar-refractivity contribution < 1.29 is 31.9 Å². The molecular weight excluding hydrogens is 470 g/mol. The molecule has 0 saturated heterocycles. The van der Waals surface area contributed by atoms with Gasteiger partial charge < -0.3 is 23.5 Å². The van der Waals surface area contributed by atoms with E-state index in [1.807, 2.05) is 0 Å². The summed E-state index contributed by atoms with van der Waals surface area (Å²) in [4.78, 5) is 4.83. The van der Waals surface area contributed by atoms with Crippen molar-refractivity contribution in [2.45, 2.75) is 4.90 Å². The smallest absolute Gasteiger partial charge is 0.269 e.